The molecular formula is C13H20N2O7S. The Hall–Kier alpha value is -1.59. The van der Waals surface area contributed by atoms with Crippen LogP contribution in [0.3, 0.4) is 0 Å². The number of nitro groups is 1. The zero-order chi connectivity index (χ0) is 17.7. The summed E-state index contributed by atoms with van der Waals surface area (Å²) >= 11 is 0. The third-order valence-corrected chi connectivity index (χ3v) is 4.13. The lowest BCUT2D eigenvalue weighted by molar-refractivity contribution is -0.924. The summed E-state index contributed by atoms with van der Waals surface area (Å²) in [6.07, 6.45) is 0.920. The number of aliphatic hydroxyl groups is 1. The van der Waals surface area contributed by atoms with Crippen LogP contribution in [-0.2, 0) is 27.5 Å². The highest BCUT2D eigenvalue weighted by molar-refractivity contribution is 7.80. The average Bonchev–Trinajstić information content (AvgIpc) is 2.46. The van der Waals surface area contributed by atoms with Crippen LogP contribution in [0.25, 0.3) is 0 Å². The number of hydrogen-bond donors (Lipinski definition) is 1. The summed E-state index contributed by atoms with van der Waals surface area (Å²) < 4.78 is 31.8. The lowest BCUT2D eigenvalue weighted by atomic mass is 9.97. The first-order valence-electron chi connectivity index (χ1n) is 6.82. The molecule has 1 N–H and O–H groups in total. The summed E-state index contributed by atoms with van der Waals surface area (Å²) in [4.78, 5) is 10.4. The predicted octanol–water partition coefficient (Wildman–Crippen LogP) is 0.183. The largest absolute Gasteiger partial charge is 0.726 e. The molecule has 2 rings (SSSR count). The minimum atomic E-state index is -4.41. The van der Waals surface area contributed by atoms with Crippen LogP contribution in [0.4, 0.5) is 5.69 Å². The van der Waals surface area contributed by atoms with E-state index in [4.69, 9.17) is 5.11 Å². The summed E-state index contributed by atoms with van der Waals surface area (Å²) in [5, 5.41) is 19.8. The van der Waals surface area contributed by atoms with E-state index in [1.54, 1.807) is 12.1 Å². The van der Waals surface area contributed by atoms with Crippen molar-refractivity contribution in [3.05, 3.63) is 39.4 Å². The molecule has 0 aromatic heterocycles. The second kappa shape index (κ2) is 7.79. The molecule has 23 heavy (non-hydrogen) atoms. The number of rotatable bonds is 4. The van der Waals surface area contributed by atoms with Gasteiger partial charge in [0, 0.05) is 24.1 Å². The third-order valence-electron chi connectivity index (χ3n) is 3.72. The summed E-state index contributed by atoms with van der Waals surface area (Å²) in [6.45, 7) is 2.59. The summed E-state index contributed by atoms with van der Waals surface area (Å²) in [6, 6.07) is 5.10. The Labute approximate surface area is 134 Å². The van der Waals surface area contributed by atoms with Crippen molar-refractivity contribution < 1.29 is 31.7 Å². The first-order valence-corrected chi connectivity index (χ1v) is 8.15. The zero-order valence-electron chi connectivity index (χ0n) is 13.0. The van der Waals surface area contributed by atoms with Crippen molar-refractivity contribution in [1.82, 2.24) is 0 Å². The van der Waals surface area contributed by atoms with Crippen molar-refractivity contribution in [3.8, 4) is 0 Å². The number of likely N-dealkylation sites (N-methyl/N-ethyl adjacent to an activating group) is 1. The topological polar surface area (TPSA) is 130 Å². The number of hydrogen-bond acceptors (Lipinski definition) is 7. The highest BCUT2D eigenvalue weighted by atomic mass is 32.3. The first kappa shape index (κ1) is 19.5. The van der Waals surface area contributed by atoms with E-state index < -0.39 is 10.4 Å². The molecule has 0 aliphatic carbocycles. The van der Waals surface area contributed by atoms with Gasteiger partial charge in [0.15, 0.2) is 0 Å². The number of benzene rings is 1. The maximum atomic E-state index is 10.7. The fourth-order valence-corrected chi connectivity index (χ4v) is 2.43. The fourth-order valence-electron chi connectivity index (χ4n) is 2.43. The quantitative estimate of drug-likeness (QED) is 0.270. The average molecular weight is 348 g/mol. The van der Waals surface area contributed by atoms with Gasteiger partial charge in [0.2, 0.25) is 10.4 Å². The Kier molecular flexibility index (Phi) is 6.59. The monoisotopic (exact) mass is 348 g/mol. The Morgan fingerprint density at radius 2 is 2.00 bits per heavy atom. The number of nitro benzene ring substituents is 1. The first-order chi connectivity index (χ1) is 10.6. The molecule has 1 unspecified atom stereocenters. The predicted molar refractivity (Wildman–Crippen MR) is 80.2 cm³/mol. The van der Waals surface area contributed by atoms with Gasteiger partial charge in [-0.1, -0.05) is 6.07 Å². The minimum Gasteiger partial charge on any atom is -0.726 e. The Morgan fingerprint density at radius 1 is 1.39 bits per heavy atom. The summed E-state index contributed by atoms with van der Waals surface area (Å²) in [7, 11) is -1.52. The molecule has 1 atom stereocenters. The smallest absolute Gasteiger partial charge is 0.269 e. The van der Waals surface area contributed by atoms with Gasteiger partial charge in [-0.05, 0) is 5.56 Å². The molecular weight excluding hydrogens is 328 g/mol. The number of aliphatic hydroxyl groups excluding tert-OH is 1. The molecule has 0 radical (unpaired) electrons. The molecule has 0 fully saturated rings. The lowest BCUT2D eigenvalue weighted by Crippen LogP contribution is -2.49. The van der Waals surface area contributed by atoms with Crippen LogP contribution in [0.2, 0.25) is 0 Å². The van der Waals surface area contributed by atoms with Gasteiger partial charge in [0.25, 0.3) is 5.69 Å². The van der Waals surface area contributed by atoms with Gasteiger partial charge in [0.1, 0.15) is 13.1 Å². The minimum absolute atomic E-state index is 0.154. The second-order valence-corrected chi connectivity index (χ2v) is 6.63. The maximum Gasteiger partial charge on any atom is 0.269 e. The second-order valence-electron chi connectivity index (χ2n) is 5.48. The fraction of sp³-hybridized carbons (Fsp3) is 0.538. The number of quaternary nitrogens is 1. The molecule has 130 valence electrons. The molecule has 0 saturated heterocycles. The molecule has 1 aliphatic rings. The number of non-ortho nitro benzene ring substituents is 1. The Balaban J connectivity index is 0.000000379. The standard InChI is InChI=1S/C12H17N2O3.CH4O4S/c1-14(6-7-15)5-4-10-2-3-12(13(16)17)8-11(10)9-14;1-5-6(2,3)4/h2-3,8,15H,4-7,9H2,1H3;1H3,(H,2,3,4)/q+1;/p-1. The molecule has 1 aliphatic heterocycles. The van der Waals surface area contributed by atoms with Crippen molar-refractivity contribution in [3.63, 3.8) is 0 Å². The van der Waals surface area contributed by atoms with Gasteiger partial charge in [-0.2, -0.15) is 0 Å². The van der Waals surface area contributed by atoms with Crippen LogP contribution in [0, 0.1) is 10.1 Å². The van der Waals surface area contributed by atoms with Crippen molar-refractivity contribution in [2.75, 3.05) is 33.9 Å². The van der Waals surface area contributed by atoms with Crippen LogP contribution < -0.4 is 0 Å². The highest BCUT2D eigenvalue weighted by Crippen LogP contribution is 2.26. The van der Waals surface area contributed by atoms with E-state index in [0.29, 0.717) is 6.54 Å². The van der Waals surface area contributed by atoms with E-state index in [0.717, 1.165) is 36.7 Å². The Bertz CT molecular complexity index is 662. The molecule has 1 heterocycles. The van der Waals surface area contributed by atoms with Crippen molar-refractivity contribution in [2.24, 2.45) is 0 Å². The SMILES string of the molecule is COS(=O)(=O)[O-].C[N+]1(CCO)CCc2ccc([N+](=O)[O-])cc2C1. The van der Waals surface area contributed by atoms with Gasteiger partial charge in [-0.25, -0.2) is 8.42 Å². The van der Waals surface area contributed by atoms with Gasteiger partial charge in [-0.3, -0.25) is 14.3 Å². The lowest BCUT2D eigenvalue weighted by Gasteiger charge is -2.38. The van der Waals surface area contributed by atoms with Gasteiger partial charge in [-0.15, -0.1) is 0 Å². The van der Waals surface area contributed by atoms with Gasteiger partial charge >= 0.3 is 0 Å². The van der Waals surface area contributed by atoms with Gasteiger partial charge < -0.3 is 14.1 Å². The van der Waals surface area contributed by atoms with E-state index in [9.17, 15) is 23.1 Å². The maximum absolute atomic E-state index is 10.7. The molecule has 0 spiro atoms. The molecule has 0 bridgehead atoms. The molecule has 10 heteroatoms. The van der Waals surface area contributed by atoms with Crippen LogP contribution in [0.1, 0.15) is 11.1 Å². The summed E-state index contributed by atoms with van der Waals surface area (Å²) in [5.74, 6) is 0. The van der Waals surface area contributed by atoms with Crippen LogP contribution in [0.15, 0.2) is 18.2 Å². The number of nitrogens with zero attached hydrogens (tertiary/aromatic N) is 2. The van der Waals surface area contributed by atoms with Gasteiger partial charge in [0.05, 0.1) is 32.2 Å². The van der Waals surface area contributed by atoms with E-state index in [1.807, 2.05) is 6.07 Å². The molecule has 1 aromatic carbocycles. The zero-order valence-corrected chi connectivity index (χ0v) is 13.8. The third kappa shape index (κ3) is 6.20. The van der Waals surface area contributed by atoms with Crippen molar-refractivity contribution in [2.45, 2.75) is 13.0 Å². The summed E-state index contributed by atoms with van der Waals surface area (Å²) in [5.41, 5.74) is 2.40. The number of fused-ring (bicyclic) bond motifs is 1. The molecule has 0 amide bonds. The van der Waals surface area contributed by atoms with E-state index in [1.165, 1.54) is 5.56 Å². The van der Waals surface area contributed by atoms with E-state index in [-0.39, 0.29) is 17.2 Å². The van der Waals surface area contributed by atoms with Crippen LogP contribution in [0.5, 0.6) is 0 Å². The van der Waals surface area contributed by atoms with E-state index in [2.05, 4.69) is 11.2 Å². The molecule has 0 saturated carbocycles. The normalized spacial score (nSPS) is 20.2. The van der Waals surface area contributed by atoms with Crippen LogP contribution >= 0.6 is 0 Å². The molecule has 1 aromatic rings. The van der Waals surface area contributed by atoms with Crippen LogP contribution in [-0.4, -0.2) is 61.3 Å². The highest BCUT2D eigenvalue weighted by Gasteiger charge is 2.28. The molecule has 9 nitrogen and oxygen atoms in total. The van der Waals surface area contributed by atoms with Crippen molar-refractivity contribution >= 4 is 16.1 Å². The van der Waals surface area contributed by atoms with Crippen molar-refractivity contribution in [1.29, 1.82) is 0 Å². The van der Waals surface area contributed by atoms with E-state index >= 15 is 0 Å². The Morgan fingerprint density at radius 3 is 2.48 bits per heavy atom.